The van der Waals surface area contributed by atoms with E-state index in [1.54, 1.807) is 0 Å². The van der Waals surface area contributed by atoms with Gasteiger partial charge in [0.1, 0.15) is 12.4 Å². The SMILES string of the molecule is CC(C)COCCOc1c(Br)cc(S(=O)(=O)Cl)cc1Br. The molecule has 0 aromatic heterocycles. The molecule has 0 saturated carbocycles. The molecule has 0 spiro atoms. The zero-order valence-electron chi connectivity index (χ0n) is 11.0. The van der Waals surface area contributed by atoms with Crippen molar-refractivity contribution >= 4 is 51.6 Å². The third kappa shape index (κ3) is 5.89. The minimum Gasteiger partial charge on any atom is -0.489 e. The van der Waals surface area contributed by atoms with Crippen molar-refractivity contribution < 1.29 is 17.9 Å². The van der Waals surface area contributed by atoms with Gasteiger partial charge in [0.05, 0.1) is 20.4 Å². The molecular weight excluding hydrogens is 435 g/mol. The molecule has 0 saturated heterocycles. The van der Waals surface area contributed by atoms with Crippen LogP contribution in [-0.2, 0) is 13.8 Å². The fourth-order valence-corrected chi connectivity index (χ4v) is 3.84. The van der Waals surface area contributed by atoms with E-state index in [1.165, 1.54) is 12.1 Å². The van der Waals surface area contributed by atoms with Crippen molar-refractivity contribution in [2.24, 2.45) is 5.92 Å². The minimum atomic E-state index is -3.77. The van der Waals surface area contributed by atoms with E-state index in [0.29, 0.717) is 40.4 Å². The van der Waals surface area contributed by atoms with E-state index in [1.807, 2.05) is 0 Å². The van der Waals surface area contributed by atoms with Crippen LogP contribution in [0.3, 0.4) is 0 Å². The van der Waals surface area contributed by atoms with E-state index in [0.717, 1.165) is 0 Å². The Kier molecular flexibility index (Phi) is 7.28. The molecule has 0 unspecified atom stereocenters. The van der Waals surface area contributed by atoms with Crippen molar-refractivity contribution in [1.82, 2.24) is 0 Å². The molecule has 1 aromatic rings. The van der Waals surface area contributed by atoms with E-state index in [9.17, 15) is 8.42 Å². The van der Waals surface area contributed by atoms with Crippen molar-refractivity contribution in [3.8, 4) is 5.75 Å². The van der Waals surface area contributed by atoms with E-state index in [4.69, 9.17) is 20.2 Å². The summed E-state index contributed by atoms with van der Waals surface area (Å²) < 4.78 is 34.5. The fraction of sp³-hybridized carbons (Fsp3) is 0.500. The number of halogens is 3. The predicted molar refractivity (Wildman–Crippen MR) is 86.0 cm³/mol. The highest BCUT2D eigenvalue weighted by Crippen LogP contribution is 2.36. The van der Waals surface area contributed by atoms with Crippen molar-refractivity contribution in [2.75, 3.05) is 19.8 Å². The number of benzene rings is 1. The van der Waals surface area contributed by atoms with Gasteiger partial charge in [-0.3, -0.25) is 0 Å². The number of hydrogen-bond donors (Lipinski definition) is 0. The first-order valence-corrected chi connectivity index (χ1v) is 9.75. The topological polar surface area (TPSA) is 52.6 Å². The van der Waals surface area contributed by atoms with E-state index in [2.05, 4.69) is 45.7 Å². The van der Waals surface area contributed by atoms with Crippen LogP contribution < -0.4 is 4.74 Å². The van der Waals surface area contributed by atoms with Gasteiger partial charge in [-0.2, -0.15) is 0 Å². The van der Waals surface area contributed by atoms with Gasteiger partial charge in [-0.25, -0.2) is 8.42 Å². The van der Waals surface area contributed by atoms with Crippen molar-refractivity contribution in [3.63, 3.8) is 0 Å². The van der Waals surface area contributed by atoms with Gasteiger partial charge in [0.15, 0.2) is 0 Å². The summed E-state index contributed by atoms with van der Waals surface area (Å²) in [6, 6.07) is 2.80. The van der Waals surface area contributed by atoms with Crippen LogP contribution >= 0.6 is 42.5 Å². The van der Waals surface area contributed by atoms with Gasteiger partial charge in [-0.05, 0) is 49.9 Å². The van der Waals surface area contributed by atoms with E-state index in [-0.39, 0.29) is 4.90 Å². The van der Waals surface area contributed by atoms with Crippen LogP contribution in [0.1, 0.15) is 13.8 Å². The molecule has 20 heavy (non-hydrogen) atoms. The van der Waals surface area contributed by atoms with Crippen molar-refractivity contribution in [3.05, 3.63) is 21.1 Å². The Morgan fingerprint density at radius 2 is 1.75 bits per heavy atom. The van der Waals surface area contributed by atoms with Gasteiger partial charge in [0, 0.05) is 17.3 Å². The third-order valence-corrected chi connectivity index (χ3v) is 4.69. The Hall–Kier alpha value is 0.180. The molecule has 0 radical (unpaired) electrons. The fourth-order valence-electron chi connectivity index (χ4n) is 1.34. The smallest absolute Gasteiger partial charge is 0.261 e. The lowest BCUT2D eigenvalue weighted by Gasteiger charge is -2.12. The van der Waals surface area contributed by atoms with Crippen LogP contribution in [-0.4, -0.2) is 28.2 Å². The van der Waals surface area contributed by atoms with Crippen LogP contribution in [0.5, 0.6) is 5.75 Å². The molecule has 114 valence electrons. The molecule has 0 bridgehead atoms. The maximum atomic E-state index is 11.3. The second-order valence-electron chi connectivity index (χ2n) is 4.47. The zero-order chi connectivity index (χ0) is 15.3. The Labute approximate surface area is 140 Å². The van der Waals surface area contributed by atoms with Gasteiger partial charge < -0.3 is 9.47 Å². The second kappa shape index (κ2) is 7.98. The molecule has 0 heterocycles. The molecule has 0 aliphatic heterocycles. The molecule has 8 heteroatoms. The monoisotopic (exact) mass is 448 g/mol. The molecule has 0 atom stereocenters. The van der Waals surface area contributed by atoms with Crippen LogP contribution in [0.25, 0.3) is 0 Å². The van der Waals surface area contributed by atoms with Crippen LogP contribution in [0, 0.1) is 5.92 Å². The standard InChI is InChI=1S/C12H15Br2ClO4S/c1-8(2)7-18-3-4-19-12-10(13)5-9(6-11(12)14)20(15,16)17/h5-6,8H,3-4,7H2,1-2H3. The Balaban J connectivity index is 2.68. The first kappa shape index (κ1) is 18.2. The quantitative estimate of drug-likeness (QED) is 0.462. The first-order chi connectivity index (χ1) is 9.21. The lowest BCUT2D eigenvalue weighted by Crippen LogP contribution is -2.10. The lowest BCUT2D eigenvalue weighted by atomic mass is 10.2. The highest BCUT2D eigenvalue weighted by atomic mass is 79.9. The molecule has 4 nitrogen and oxygen atoms in total. The van der Waals surface area contributed by atoms with E-state index >= 15 is 0 Å². The predicted octanol–water partition coefficient (Wildman–Crippen LogP) is 4.19. The average molecular weight is 451 g/mol. The number of rotatable bonds is 7. The highest BCUT2D eigenvalue weighted by molar-refractivity contribution is 9.11. The summed E-state index contributed by atoms with van der Waals surface area (Å²) in [7, 11) is 1.53. The summed E-state index contributed by atoms with van der Waals surface area (Å²) in [6.07, 6.45) is 0. The Bertz CT molecular complexity index is 538. The summed E-state index contributed by atoms with van der Waals surface area (Å²) in [5.41, 5.74) is 0. The molecule has 0 aliphatic carbocycles. The van der Waals surface area contributed by atoms with Gasteiger partial charge >= 0.3 is 0 Å². The summed E-state index contributed by atoms with van der Waals surface area (Å²) in [4.78, 5) is 0.00123. The molecule has 1 rings (SSSR count). The minimum absolute atomic E-state index is 0.00123. The first-order valence-electron chi connectivity index (χ1n) is 5.86. The van der Waals surface area contributed by atoms with Gasteiger partial charge in [0.25, 0.3) is 9.05 Å². The van der Waals surface area contributed by atoms with E-state index < -0.39 is 9.05 Å². The van der Waals surface area contributed by atoms with Gasteiger partial charge in [-0.1, -0.05) is 13.8 Å². The maximum Gasteiger partial charge on any atom is 0.261 e. The highest BCUT2D eigenvalue weighted by Gasteiger charge is 2.16. The van der Waals surface area contributed by atoms with Crippen LogP contribution in [0.15, 0.2) is 26.0 Å². The summed E-state index contributed by atoms with van der Waals surface area (Å²) in [6.45, 7) is 5.65. The molecule has 0 N–H and O–H groups in total. The Morgan fingerprint density at radius 1 is 1.20 bits per heavy atom. The summed E-state index contributed by atoms with van der Waals surface area (Å²) >= 11 is 6.53. The Morgan fingerprint density at radius 3 is 2.20 bits per heavy atom. The normalized spacial score (nSPS) is 11.9. The lowest BCUT2D eigenvalue weighted by molar-refractivity contribution is 0.0814. The number of hydrogen-bond acceptors (Lipinski definition) is 4. The maximum absolute atomic E-state index is 11.3. The van der Waals surface area contributed by atoms with Gasteiger partial charge in [0.2, 0.25) is 0 Å². The summed E-state index contributed by atoms with van der Waals surface area (Å²) in [5, 5.41) is 0. The molecule has 0 fully saturated rings. The van der Waals surface area contributed by atoms with Crippen molar-refractivity contribution in [2.45, 2.75) is 18.7 Å². The average Bonchev–Trinajstić information content (AvgIpc) is 2.29. The molecular formula is C12H15Br2ClO4S. The molecule has 0 amide bonds. The zero-order valence-corrected chi connectivity index (χ0v) is 15.8. The number of ether oxygens (including phenoxy) is 2. The summed E-state index contributed by atoms with van der Waals surface area (Å²) in [5.74, 6) is 0.990. The molecule has 1 aromatic carbocycles. The molecule has 0 aliphatic rings. The van der Waals surface area contributed by atoms with Crippen LogP contribution in [0.2, 0.25) is 0 Å². The van der Waals surface area contributed by atoms with Gasteiger partial charge in [-0.15, -0.1) is 0 Å². The van der Waals surface area contributed by atoms with Crippen molar-refractivity contribution in [1.29, 1.82) is 0 Å². The van der Waals surface area contributed by atoms with Crippen LogP contribution in [0.4, 0.5) is 0 Å². The second-order valence-corrected chi connectivity index (χ2v) is 8.75. The third-order valence-electron chi connectivity index (χ3n) is 2.18. The largest absolute Gasteiger partial charge is 0.489 e.